The Hall–Kier alpha value is -6.98. The highest BCUT2D eigenvalue weighted by Gasteiger charge is 2.35. The standard InChI is InChI=1S/C50H30N2O3/c1-4-13-40-32(8-1)33-23-21-30(25-43(33)53-40)47-49-48(36-10-3-6-15-42(36)55-49)52-50(51-47)28-18-16-27(17-19-28)29-20-22-31-38(24-29)34-11-7-12-37-45(34)39(31)26-44-46(37)35-9-2-5-14-41(35)54-44/h1-10,12-26,32,34,40H,11H2. The zero-order valence-corrected chi connectivity index (χ0v) is 29.5. The summed E-state index contributed by atoms with van der Waals surface area (Å²) in [6.45, 7) is 0. The van der Waals surface area contributed by atoms with Gasteiger partial charge in [-0.15, -0.1) is 0 Å². The molecule has 4 aliphatic rings. The minimum Gasteiger partial charge on any atom is -0.485 e. The van der Waals surface area contributed by atoms with E-state index < -0.39 is 0 Å². The average molecular weight is 707 g/mol. The van der Waals surface area contributed by atoms with Crippen LogP contribution in [0.1, 0.15) is 40.5 Å². The molecule has 0 saturated heterocycles. The van der Waals surface area contributed by atoms with Gasteiger partial charge in [0.05, 0.1) is 0 Å². The molecule has 3 atom stereocenters. The van der Waals surface area contributed by atoms with E-state index >= 15 is 0 Å². The second-order valence-corrected chi connectivity index (χ2v) is 15.1. The van der Waals surface area contributed by atoms with Crippen LogP contribution in [0.15, 0.2) is 154 Å². The van der Waals surface area contributed by atoms with Gasteiger partial charge in [-0.25, -0.2) is 9.97 Å². The normalized spacial score (nSPS) is 18.6. The fraction of sp³-hybridized carbons (Fsp3) is 0.0800. The second-order valence-electron chi connectivity index (χ2n) is 15.1. The Morgan fingerprint density at radius 2 is 1.38 bits per heavy atom. The monoisotopic (exact) mass is 706 g/mol. The summed E-state index contributed by atoms with van der Waals surface area (Å²) in [6.07, 6.45) is 14.1. The van der Waals surface area contributed by atoms with Gasteiger partial charge in [-0.3, -0.25) is 0 Å². The van der Waals surface area contributed by atoms with Crippen molar-refractivity contribution in [1.82, 2.24) is 9.97 Å². The quantitative estimate of drug-likeness (QED) is 0.183. The van der Waals surface area contributed by atoms with Crippen molar-refractivity contribution in [2.75, 3.05) is 0 Å². The van der Waals surface area contributed by atoms with Crippen molar-refractivity contribution in [1.29, 1.82) is 0 Å². The van der Waals surface area contributed by atoms with E-state index in [1.54, 1.807) is 0 Å². The highest BCUT2D eigenvalue weighted by atomic mass is 16.5. The number of nitrogens with zero attached hydrogens (tertiary/aromatic N) is 2. The summed E-state index contributed by atoms with van der Waals surface area (Å²) in [5, 5.41) is 3.38. The third-order valence-electron chi connectivity index (χ3n) is 12.2. The minimum absolute atomic E-state index is 0.0207. The number of hydrogen-bond donors (Lipinski definition) is 0. The lowest BCUT2D eigenvalue weighted by atomic mass is 9.84. The molecular weight excluding hydrogens is 677 g/mol. The smallest absolute Gasteiger partial charge is 0.180 e. The molecule has 0 amide bonds. The van der Waals surface area contributed by atoms with Gasteiger partial charge < -0.3 is 13.6 Å². The Kier molecular flexibility index (Phi) is 5.79. The van der Waals surface area contributed by atoms with Gasteiger partial charge in [-0.05, 0) is 87.8 Å². The zero-order chi connectivity index (χ0) is 35.8. The van der Waals surface area contributed by atoms with Crippen LogP contribution in [0.3, 0.4) is 0 Å². The molecule has 0 bridgehead atoms. The third kappa shape index (κ3) is 4.12. The predicted molar refractivity (Wildman–Crippen MR) is 219 cm³/mol. The molecule has 0 radical (unpaired) electrons. The van der Waals surface area contributed by atoms with Gasteiger partial charge in [0.15, 0.2) is 11.4 Å². The number of benzene rings is 6. The first-order valence-electron chi connectivity index (χ1n) is 19.0. The van der Waals surface area contributed by atoms with E-state index in [9.17, 15) is 0 Å². The molecule has 6 aromatic carbocycles. The van der Waals surface area contributed by atoms with Gasteiger partial charge in [-0.2, -0.15) is 0 Å². The molecule has 55 heavy (non-hydrogen) atoms. The number of fused-ring (bicyclic) bond motifs is 13. The molecule has 0 saturated carbocycles. The molecule has 5 nitrogen and oxygen atoms in total. The maximum absolute atomic E-state index is 6.45. The topological polar surface area (TPSA) is 61.3 Å². The Balaban J connectivity index is 0.895. The van der Waals surface area contributed by atoms with Crippen LogP contribution in [0.25, 0.3) is 95.0 Å². The molecule has 5 heteroatoms. The molecule has 3 aromatic heterocycles. The van der Waals surface area contributed by atoms with Gasteiger partial charge in [0.1, 0.15) is 39.8 Å². The molecule has 3 aliphatic carbocycles. The van der Waals surface area contributed by atoms with Crippen LogP contribution < -0.4 is 4.74 Å². The lowest BCUT2D eigenvalue weighted by Gasteiger charge is -2.19. The molecule has 0 N–H and O–H groups in total. The van der Waals surface area contributed by atoms with E-state index in [0.717, 1.165) is 62.2 Å². The summed E-state index contributed by atoms with van der Waals surface area (Å²) in [7, 11) is 0. The number of allylic oxidation sites excluding steroid dienone is 3. The lowest BCUT2D eigenvalue weighted by molar-refractivity contribution is 0.269. The predicted octanol–water partition coefficient (Wildman–Crippen LogP) is 12.8. The second kappa shape index (κ2) is 10.8. The summed E-state index contributed by atoms with van der Waals surface area (Å²) in [5.74, 6) is 2.10. The van der Waals surface area contributed by atoms with E-state index in [-0.39, 0.29) is 12.0 Å². The van der Waals surface area contributed by atoms with Crippen molar-refractivity contribution in [3.63, 3.8) is 0 Å². The van der Waals surface area contributed by atoms with E-state index in [4.69, 9.17) is 23.5 Å². The summed E-state index contributed by atoms with van der Waals surface area (Å²) in [4.78, 5) is 10.3. The van der Waals surface area contributed by atoms with Gasteiger partial charge >= 0.3 is 0 Å². The maximum atomic E-state index is 6.45. The molecule has 258 valence electrons. The Bertz CT molecular complexity index is 3230. The first kappa shape index (κ1) is 29.5. The van der Waals surface area contributed by atoms with Crippen LogP contribution in [-0.2, 0) is 0 Å². The molecule has 3 unspecified atom stereocenters. The number of hydrogen-bond acceptors (Lipinski definition) is 5. The van der Waals surface area contributed by atoms with Crippen molar-refractivity contribution in [2.45, 2.75) is 24.4 Å². The van der Waals surface area contributed by atoms with Crippen LogP contribution in [0.5, 0.6) is 5.75 Å². The molecule has 4 heterocycles. The van der Waals surface area contributed by atoms with Crippen LogP contribution in [-0.4, -0.2) is 16.1 Å². The molecule has 0 fully saturated rings. The zero-order valence-electron chi connectivity index (χ0n) is 29.5. The van der Waals surface area contributed by atoms with Crippen LogP contribution >= 0.6 is 0 Å². The fourth-order valence-corrected chi connectivity index (χ4v) is 9.62. The third-order valence-corrected chi connectivity index (χ3v) is 12.2. The number of furan rings is 2. The molecule has 9 aromatic rings. The highest BCUT2D eigenvalue weighted by Crippen LogP contribution is 2.54. The summed E-state index contributed by atoms with van der Waals surface area (Å²) in [5.41, 5.74) is 17.1. The number of aromatic nitrogens is 2. The number of rotatable bonds is 3. The van der Waals surface area contributed by atoms with Crippen molar-refractivity contribution in [2.24, 2.45) is 0 Å². The summed E-state index contributed by atoms with van der Waals surface area (Å²) >= 11 is 0. The number of ether oxygens (including phenoxy) is 1. The average Bonchev–Trinajstić information content (AvgIpc) is 4.00. The Labute approximate surface area is 315 Å². The SMILES string of the molecule is C1=CC2Oc3cc(-c4nc(-c5ccc(-c6ccc7c(c6)C6CC=Cc8c6c-7cc6oc7ccccc7c86)cc5)nc5c4oc4ccccc45)ccc3C2C=C1. The van der Waals surface area contributed by atoms with Gasteiger partial charge in [0.2, 0.25) is 0 Å². The van der Waals surface area contributed by atoms with Crippen LogP contribution in [0.2, 0.25) is 0 Å². The first-order chi connectivity index (χ1) is 27.2. The first-order valence-corrected chi connectivity index (χ1v) is 19.0. The molecule has 13 rings (SSSR count). The van der Waals surface area contributed by atoms with E-state index in [0.29, 0.717) is 17.3 Å². The lowest BCUT2D eigenvalue weighted by Crippen LogP contribution is -2.15. The van der Waals surface area contributed by atoms with E-state index in [2.05, 4.69) is 127 Å². The summed E-state index contributed by atoms with van der Waals surface area (Å²) < 4.78 is 19.2. The van der Waals surface area contributed by atoms with Crippen molar-refractivity contribution < 1.29 is 13.6 Å². The maximum Gasteiger partial charge on any atom is 0.180 e. The fourth-order valence-electron chi connectivity index (χ4n) is 9.62. The van der Waals surface area contributed by atoms with Crippen LogP contribution in [0, 0.1) is 0 Å². The largest absolute Gasteiger partial charge is 0.485 e. The molecular formula is C50H30N2O3. The highest BCUT2D eigenvalue weighted by molar-refractivity contribution is 6.12. The number of para-hydroxylation sites is 2. The van der Waals surface area contributed by atoms with Crippen molar-refractivity contribution in [3.8, 4) is 50.6 Å². The van der Waals surface area contributed by atoms with Crippen LogP contribution in [0.4, 0.5) is 0 Å². The van der Waals surface area contributed by atoms with Gasteiger partial charge in [0, 0.05) is 44.7 Å². The van der Waals surface area contributed by atoms with Crippen molar-refractivity contribution in [3.05, 3.63) is 168 Å². The molecule has 0 spiro atoms. The van der Waals surface area contributed by atoms with Crippen molar-refractivity contribution >= 4 is 50.1 Å². The Morgan fingerprint density at radius 1 is 0.600 bits per heavy atom. The summed E-state index contributed by atoms with van der Waals surface area (Å²) in [6, 6.07) is 40.7. The van der Waals surface area contributed by atoms with E-state index in [1.807, 2.05) is 24.3 Å². The van der Waals surface area contributed by atoms with Gasteiger partial charge in [0.25, 0.3) is 0 Å². The van der Waals surface area contributed by atoms with E-state index in [1.165, 1.54) is 49.7 Å². The minimum atomic E-state index is 0.0207. The Morgan fingerprint density at radius 3 is 2.29 bits per heavy atom. The van der Waals surface area contributed by atoms with Gasteiger partial charge in [-0.1, -0.05) is 109 Å². The molecule has 1 aliphatic heterocycles.